The van der Waals surface area contributed by atoms with Crippen LogP contribution in [0.4, 0.5) is 9.18 Å². The zero-order chi connectivity index (χ0) is 41.3. The number of unbranched alkanes of at least 4 members (excludes halogenated alkanes) is 1. The first-order chi connectivity index (χ1) is 26.3. The van der Waals surface area contributed by atoms with E-state index >= 15 is 4.39 Å². The first-order valence-corrected chi connectivity index (χ1v) is 19.8. The van der Waals surface area contributed by atoms with Gasteiger partial charge < -0.3 is 43.6 Å². The number of benzene rings is 1. The van der Waals surface area contributed by atoms with Crippen LogP contribution in [-0.4, -0.2) is 124 Å². The summed E-state index contributed by atoms with van der Waals surface area (Å²) in [6.07, 6.45) is -2.86. The summed E-state index contributed by atoms with van der Waals surface area (Å²) in [5.41, 5.74) is -4.05. The van der Waals surface area contributed by atoms with Crippen LogP contribution in [0.2, 0.25) is 0 Å². The van der Waals surface area contributed by atoms with Crippen LogP contribution in [0.25, 0.3) is 11.0 Å². The molecule has 0 unspecified atom stereocenters. The zero-order valence-electron chi connectivity index (χ0n) is 34.5. The van der Waals surface area contributed by atoms with E-state index in [1.807, 2.05) is 54.8 Å². The lowest BCUT2D eigenvalue weighted by molar-refractivity contribution is -0.296. The highest BCUT2D eigenvalue weighted by Crippen LogP contribution is 2.43. The summed E-state index contributed by atoms with van der Waals surface area (Å²) in [7, 11) is 4.99. The van der Waals surface area contributed by atoms with Crippen LogP contribution in [0, 0.1) is 17.8 Å². The van der Waals surface area contributed by atoms with E-state index in [1.54, 1.807) is 34.0 Å². The zero-order valence-corrected chi connectivity index (χ0v) is 34.5. The Morgan fingerprint density at radius 3 is 2.45 bits per heavy atom. The monoisotopic (exact) mass is 788 g/mol. The molecule has 0 saturated carbocycles. The number of nitrogens with zero attached hydrogens (tertiary/aromatic N) is 3. The van der Waals surface area contributed by atoms with Gasteiger partial charge in [0, 0.05) is 38.0 Å². The molecule has 13 atom stereocenters. The lowest BCUT2D eigenvalue weighted by Crippen LogP contribution is -2.62. The second-order valence-corrected chi connectivity index (χ2v) is 16.9. The van der Waals surface area contributed by atoms with E-state index in [0.29, 0.717) is 25.8 Å². The molecule has 14 nitrogen and oxygen atoms in total. The number of nitrogens with one attached hydrogen (secondary N) is 1. The van der Waals surface area contributed by atoms with Gasteiger partial charge >= 0.3 is 12.1 Å². The number of aryl methyl sites for hydroxylation is 1. The number of alkyl halides is 1. The minimum Gasteiger partial charge on any atom is -0.458 e. The lowest BCUT2D eigenvalue weighted by atomic mass is 9.71. The van der Waals surface area contributed by atoms with Gasteiger partial charge in [0.15, 0.2) is 29.1 Å². The van der Waals surface area contributed by atoms with Crippen LogP contribution in [0.5, 0.6) is 0 Å². The topological polar surface area (TPSA) is 168 Å². The number of esters is 1. The van der Waals surface area contributed by atoms with E-state index in [-0.39, 0.29) is 25.0 Å². The van der Waals surface area contributed by atoms with Crippen molar-refractivity contribution in [3.8, 4) is 0 Å². The summed E-state index contributed by atoms with van der Waals surface area (Å²) in [4.78, 5) is 62.3. The van der Waals surface area contributed by atoms with Gasteiger partial charge in [0.25, 0.3) is 0 Å². The van der Waals surface area contributed by atoms with Crippen molar-refractivity contribution in [1.82, 2.24) is 19.8 Å². The summed E-state index contributed by atoms with van der Waals surface area (Å²) >= 11 is 0. The molecule has 56 heavy (non-hydrogen) atoms. The van der Waals surface area contributed by atoms with Crippen molar-refractivity contribution in [2.24, 2.45) is 17.8 Å². The summed E-state index contributed by atoms with van der Waals surface area (Å²) in [6.45, 7) is 11.4. The highest BCUT2D eigenvalue weighted by Gasteiger charge is 2.60. The number of cyclic esters (lactones) is 1. The van der Waals surface area contributed by atoms with Crippen molar-refractivity contribution >= 4 is 34.7 Å². The molecule has 0 aliphatic carbocycles. The Morgan fingerprint density at radius 1 is 1.09 bits per heavy atom. The van der Waals surface area contributed by atoms with Crippen molar-refractivity contribution < 1.29 is 52.4 Å². The minimum atomic E-state index is -2.60. The Hall–Kier alpha value is -3.50. The van der Waals surface area contributed by atoms with Crippen molar-refractivity contribution in [2.45, 2.75) is 153 Å². The number of aromatic nitrogens is 2. The Kier molecular flexibility index (Phi) is 13.4. The number of aliphatic hydroxyl groups excluding tert-OH is 1. The molecular weight excluding hydrogens is 727 g/mol. The van der Waals surface area contributed by atoms with Crippen molar-refractivity contribution in [1.29, 1.82) is 0 Å². The molecule has 312 valence electrons. The molecule has 3 saturated heterocycles. The minimum absolute atomic E-state index is 0.167. The van der Waals surface area contributed by atoms with Crippen LogP contribution in [0.1, 0.15) is 87.0 Å². The van der Waals surface area contributed by atoms with Crippen LogP contribution in [0.15, 0.2) is 30.6 Å². The molecule has 0 spiro atoms. The highest BCUT2D eigenvalue weighted by atomic mass is 19.1. The summed E-state index contributed by atoms with van der Waals surface area (Å²) < 4.78 is 50.1. The van der Waals surface area contributed by atoms with Crippen LogP contribution in [0.3, 0.4) is 0 Å². The van der Waals surface area contributed by atoms with Crippen molar-refractivity contribution in [2.75, 3.05) is 21.2 Å². The SMILES string of the molecule is CC[C@H]1OC(=O)[C@H](C)C(=O)[C@H](C)[C@@H](O[C@@H]2O[C@H](C)C[C@H](N(C)C)[C@H]2O)[C@](C)(OC)C[C@](C)(F)C(=O)[C@H](CCCCn2cnc3ccccc32)[C@@H]2NC(=O)O[C@]12C. The molecule has 5 rings (SSSR count). The number of carbonyl (C=O) groups excluding carboxylic acids is 4. The molecule has 0 radical (unpaired) electrons. The third kappa shape index (κ3) is 8.66. The molecule has 3 aliphatic heterocycles. The molecular formula is C41H61FN4O10. The number of methoxy groups -OCH3 is 1. The van der Waals surface area contributed by atoms with Crippen molar-refractivity contribution in [3.63, 3.8) is 0 Å². The number of hydrogen-bond acceptors (Lipinski definition) is 12. The molecule has 4 heterocycles. The number of hydrogen-bond donors (Lipinski definition) is 2. The number of halogens is 1. The molecule has 0 bridgehead atoms. The number of carbonyl (C=O) groups is 4. The summed E-state index contributed by atoms with van der Waals surface area (Å²) in [5, 5.41) is 14.2. The van der Waals surface area contributed by atoms with Crippen LogP contribution < -0.4 is 5.32 Å². The molecule has 15 heteroatoms. The molecule has 2 N–H and O–H groups in total. The maximum absolute atomic E-state index is 17.6. The number of ether oxygens (including phenoxy) is 5. The van der Waals surface area contributed by atoms with Gasteiger partial charge in [0.2, 0.25) is 0 Å². The fourth-order valence-electron chi connectivity index (χ4n) is 9.13. The maximum Gasteiger partial charge on any atom is 0.408 e. The van der Waals surface area contributed by atoms with E-state index < -0.39 is 95.3 Å². The number of aliphatic hydroxyl groups is 1. The van der Waals surface area contributed by atoms with E-state index in [1.165, 1.54) is 21.0 Å². The number of amides is 1. The lowest BCUT2D eigenvalue weighted by Gasteiger charge is -2.47. The predicted molar refractivity (Wildman–Crippen MR) is 204 cm³/mol. The second-order valence-electron chi connectivity index (χ2n) is 16.9. The molecule has 1 amide bonds. The van der Waals surface area contributed by atoms with Gasteiger partial charge in [0.1, 0.15) is 18.1 Å². The number of imidazole rings is 1. The number of alkyl carbamates (subject to hydrolysis) is 1. The first-order valence-electron chi connectivity index (χ1n) is 19.8. The second kappa shape index (κ2) is 17.2. The fourth-order valence-corrected chi connectivity index (χ4v) is 9.13. The van der Waals surface area contributed by atoms with Gasteiger partial charge in [-0.25, -0.2) is 14.2 Å². The number of ketones is 2. The number of rotatable bonds is 10. The predicted octanol–water partition coefficient (Wildman–Crippen LogP) is 4.77. The van der Waals surface area contributed by atoms with Gasteiger partial charge in [-0.15, -0.1) is 0 Å². The third-order valence-electron chi connectivity index (χ3n) is 12.4. The van der Waals surface area contributed by atoms with E-state index in [2.05, 4.69) is 10.3 Å². The first kappa shape index (κ1) is 43.6. The summed E-state index contributed by atoms with van der Waals surface area (Å²) in [6, 6.07) is 6.30. The molecule has 3 fully saturated rings. The fraction of sp³-hybridized carbons (Fsp3) is 0.732. The quantitative estimate of drug-likeness (QED) is 0.193. The number of Topliss-reactive ketones (excluding diaryl/α,β-unsaturated/α-hetero) is 2. The normalized spacial score (nSPS) is 38.9. The molecule has 1 aromatic carbocycles. The van der Waals surface area contributed by atoms with Gasteiger partial charge in [-0.05, 0) is 86.5 Å². The van der Waals surface area contributed by atoms with E-state index in [0.717, 1.165) is 11.0 Å². The Morgan fingerprint density at radius 2 is 1.79 bits per heavy atom. The van der Waals surface area contributed by atoms with E-state index in [4.69, 9.17) is 23.7 Å². The van der Waals surface area contributed by atoms with Gasteiger partial charge in [-0.1, -0.05) is 32.4 Å². The Balaban J connectivity index is 1.54. The molecule has 3 aliphatic rings. The Bertz CT molecular complexity index is 1740. The number of fused-ring (bicyclic) bond motifs is 2. The van der Waals surface area contributed by atoms with Gasteiger partial charge in [0.05, 0.1) is 41.2 Å². The smallest absolute Gasteiger partial charge is 0.408 e. The molecule has 1 aromatic heterocycles. The standard InChI is InChI=1S/C41H61FN4O10/c1-11-30-41(7)33(44-38(51)56-41)26(16-14-15-19-46-22-43-27-17-12-13-18-28(27)46)34(49)39(5,42)21-40(6,52-10)35(24(3)31(47)25(4)36(50)54-30)55-37-32(48)29(45(8)9)20-23(2)53-37/h12-13,17-18,22-26,29-30,32-33,35,37,48H,11,14-16,19-21H2,1-10H3,(H,44,51)/t23-,24+,25-,26-,29+,30-,32-,33+,35-,37+,39+,40-,41-/m1/s1. The largest absolute Gasteiger partial charge is 0.458 e. The van der Waals surface area contributed by atoms with Crippen molar-refractivity contribution in [3.05, 3.63) is 30.6 Å². The summed E-state index contributed by atoms with van der Waals surface area (Å²) in [5.74, 6) is -5.83. The third-order valence-corrected chi connectivity index (χ3v) is 12.4. The Labute approximate surface area is 329 Å². The number of para-hydroxylation sites is 2. The number of likely N-dealkylation sites (N-methyl/N-ethyl adjacent to an activating group) is 1. The average molecular weight is 789 g/mol. The van der Waals surface area contributed by atoms with Gasteiger partial charge in [-0.2, -0.15) is 0 Å². The van der Waals surface area contributed by atoms with Crippen LogP contribution in [-0.2, 0) is 44.6 Å². The van der Waals surface area contributed by atoms with Crippen LogP contribution >= 0.6 is 0 Å². The average Bonchev–Trinajstić information content (AvgIpc) is 3.71. The maximum atomic E-state index is 17.6. The molecule has 2 aromatic rings. The highest BCUT2D eigenvalue weighted by molar-refractivity contribution is 6.00. The van der Waals surface area contributed by atoms with E-state index in [9.17, 15) is 24.3 Å². The van der Waals surface area contributed by atoms with Gasteiger partial charge in [-0.3, -0.25) is 14.4 Å².